The molecule has 0 aromatic carbocycles. The van der Waals surface area contributed by atoms with E-state index >= 15 is 0 Å². The summed E-state index contributed by atoms with van der Waals surface area (Å²) < 4.78 is 1.65. The normalized spacial score (nSPS) is 10.2. The number of nitrogens with zero attached hydrogens (tertiary/aromatic N) is 3. The Kier molecular flexibility index (Phi) is 1.48. The van der Waals surface area contributed by atoms with Crippen LogP contribution in [-0.2, 0) is 13.5 Å². The van der Waals surface area contributed by atoms with E-state index < -0.39 is 5.69 Å². The lowest BCUT2D eigenvalue weighted by Crippen LogP contribution is -2.21. The van der Waals surface area contributed by atoms with Crippen LogP contribution in [0.2, 0.25) is 0 Å². The van der Waals surface area contributed by atoms with Gasteiger partial charge in [0.15, 0.2) is 5.82 Å². The van der Waals surface area contributed by atoms with E-state index in [9.17, 15) is 4.79 Å². The zero-order valence-electron chi connectivity index (χ0n) is 5.90. The summed E-state index contributed by atoms with van der Waals surface area (Å²) in [5.74, 6) is 0.382. The molecule has 1 heterocycles. The first-order valence-corrected chi connectivity index (χ1v) is 3.01. The summed E-state index contributed by atoms with van der Waals surface area (Å²) in [5, 5.41) is 12.7. The van der Waals surface area contributed by atoms with E-state index in [4.69, 9.17) is 5.21 Å². The Balaban J connectivity index is 3.31. The molecule has 5 heteroatoms. The van der Waals surface area contributed by atoms with Crippen LogP contribution >= 0.6 is 0 Å². The van der Waals surface area contributed by atoms with Gasteiger partial charge in [-0.25, -0.2) is 9.48 Å². The molecule has 0 bridgehead atoms. The smallest absolute Gasteiger partial charge is 0.378 e. The fraction of sp³-hybridized carbons (Fsp3) is 0.600. The Bertz CT molecular complexity index is 286. The van der Waals surface area contributed by atoms with Crippen LogP contribution in [0, 0.1) is 0 Å². The van der Waals surface area contributed by atoms with E-state index in [0.29, 0.717) is 17.0 Å². The summed E-state index contributed by atoms with van der Waals surface area (Å²) in [6, 6.07) is 0. The minimum atomic E-state index is -0.503. The molecule has 1 aromatic rings. The van der Waals surface area contributed by atoms with Crippen molar-refractivity contribution in [2.24, 2.45) is 7.05 Å². The third-order valence-electron chi connectivity index (χ3n) is 1.28. The van der Waals surface area contributed by atoms with Crippen molar-refractivity contribution in [2.75, 3.05) is 0 Å². The van der Waals surface area contributed by atoms with Gasteiger partial charge in [0, 0.05) is 13.5 Å². The van der Waals surface area contributed by atoms with Gasteiger partial charge in [0.05, 0.1) is 0 Å². The number of aromatic nitrogens is 3. The fourth-order valence-electron chi connectivity index (χ4n) is 0.726. The zero-order valence-corrected chi connectivity index (χ0v) is 5.90. The molecule has 0 atom stereocenters. The highest BCUT2D eigenvalue weighted by Crippen LogP contribution is 1.87. The van der Waals surface area contributed by atoms with Crippen molar-refractivity contribution >= 4 is 0 Å². The molecular formula is C5H9N3O2. The number of rotatable bonds is 1. The van der Waals surface area contributed by atoms with Crippen LogP contribution in [0.3, 0.4) is 0 Å². The van der Waals surface area contributed by atoms with E-state index in [1.807, 2.05) is 6.92 Å². The standard InChI is InChI=1S/C5H9N3O2/c1-3-4-6-7(2)5(9)8(4)10/h10H,3H2,1-2H3. The van der Waals surface area contributed by atoms with Gasteiger partial charge < -0.3 is 5.21 Å². The largest absolute Gasteiger partial charge is 0.422 e. The van der Waals surface area contributed by atoms with E-state index in [1.165, 1.54) is 7.05 Å². The topological polar surface area (TPSA) is 60.0 Å². The highest BCUT2D eigenvalue weighted by atomic mass is 16.5. The van der Waals surface area contributed by atoms with Crippen LogP contribution in [0.4, 0.5) is 0 Å². The van der Waals surface area contributed by atoms with Crippen LogP contribution in [0.5, 0.6) is 0 Å². The van der Waals surface area contributed by atoms with Crippen LogP contribution in [0.1, 0.15) is 12.7 Å². The molecule has 0 saturated carbocycles. The van der Waals surface area contributed by atoms with Gasteiger partial charge in [-0.3, -0.25) is 0 Å². The first kappa shape index (κ1) is 6.85. The molecule has 1 aromatic heterocycles. The molecule has 0 amide bonds. The van der Waals surface area contributed by atoms with Gasteiger partial charge >= 0.3 is 5.69 Å². The fourth-order valence-corrected chi connectivity index (χ4v) is 0.726. The molecule has 0 spiro atoms. The van der Waals surface area contributed by atoms with Crippen molar-refractivity contribution in [2.45, 2.75) is 13.3 Å². The summed E-state index contributed by atoms with van der Waals surface area (Å²) in [6.07, 6.45) is 0.548. The Morgan fingerprint density at radius 2 is 2.30 bits per heavy atom. The maximum Gasteiger partial charge on any atom is 0.378 e. The predicted octanol–water partition coefficient (Wildman–Crippen LogP) is -0.619. The highest BCUT2D eigenvalue weighted by molar-refractivity contribution is 4.82. The Hall–Kier alpha value is -1.26. The predicted molar refractivity (Wildman–Crippen MR) is 34.0 cm³/mol. The zero-order chi connectivity index (χ0) is 7.72. The van der Waals surface area contributed by atoms with E-state index in [1.54, 1.807) is 0 Å². The van der Waals surface area contributed by atoms with Crippen molar-refractivity contribution in [1.29, 1.82) is 0 Å². The van der Waals surface area contributed by atoms with Gasteiger partial charge in [0.25, 0.3) is 0 Å². The number of aryl methyl sites for hydroxylation is 2. The van der Waals surface area contributed by atoms with Gasteiger partial charge in [0.2, 0.25) is 0 Å². The lowest BCUT2D eigenvalue weighted by atomic mass is 10.5. The van der Waals surface area contributed by atoms with Crippen LogP contribution in [0.15, 0.2) is 4.79 Å². The minimum absolute atomic E-state index is 0.382. The second kappa shape index (κ2) is 2.17. The highest BCUT2D eigenvalue weighted by Gasteiger charge is 2.05. The van der Waals surface area contributed by atoms with E-state index in [-0.39, 0.29) is 0 Å². The SMILES string of the molecule is CCc1nn(C)c(=O)n1O. The molecular weight excluding hydrogens is 134 g/mol. The van der Waals surface area contributed by atoms with Gasteiger partial charge in [-0.2, -0.15) is 5.10 Å². The average Bonchev–Trinajstić information content (AvgIpc) is 2.17. The average molecular weight is 143 g/mol. The molecule has 0 fully saturated rings. The van der Waals surface area contributed by atoms with Gasteiger partial charge in [-0.1, -0.05) is 6.92 Å². The molecule has 0 saturated heterocycles. The Morgan fingerprint density at radius 3 is 2.50 bits per heavy atom. The van der Waals surface area contributed by atoms with Crippen molar-refractivity contribution in [3.63, 3.8) is 0 Å². The van der Waals surface area contributed by atoms with Gasteiger partial charge in [-0.05, 0) is 0 Å². The lowest BCUT2D eigenvalue weighted by molar-refractivity contribution is 0.164. The summed E-state index contributed by atoms with van der Waals surface area (Å²) in [6.45, 7) is 1.81. The molecule has 0 aliphatic carbocycles. The summed E-state index contributed by atoms with van der Waals surface area (Å²) in [5.41, 5.74) is -0.503. The molecule has 5 nitrogen and oxygen atoms in total. The lowest BCUT2D eigenvalue weighted by Gasteiger charge is -1.88. The monoisotopic (exact) mass is 143 g/mol. The van der Waals surface area contributed by atoms with Crippen molar-refractivity contribution in [3.05, 3.63) is 16.3 Å². The molecule has 0 radical (unpaired) electrons. The molecule has 1 N–H and O–H groups in total. The van der Waals surface area contributed by atoms with Crippen molar-refractivity contribution in [1.82, 2.24) is 14.5 Å². The maximum atomic E-state index is 10.8. The second-order valence-electron chi connectivity index (χ2n) is 1.99. The molecule has 0 aliphatic heterocycles. The minimum Gasteiger partial charge on any atom is -0.422 e. The van der Waals surface area contributed by atoms with E-state index in [2.05, 4.69) is 5.10 Å². The molecule has 56 valence electrons. The molecule has 0 aliphatic rings. The van der Waals surface area contributed by atoms with Crippen molar-refractivity contribution in [3.8, 4) is 0 Å². The molecule has 1 rings (SSSR count). The maximum absolute atomic E-state index is 10.8. The summed E-state index contributed by atoms with van der Waals surface area (Å²) in [7, 11) is 1.49. The summed E-state index contributed by atoms with van der Waals surface area (Å²) in [4.78, 5) is 10.8. The van der Waals surface area contributed by atoms with Crippen LogP contribution < -0.4 is 5.69 Å². The molecule has 0 unspecified atom stereocenters. The van der Waals surface area contributed by atoms with Gasteiger partial charge in [0.1, 0.15) is 0 Å². The Labute approximate surface area is 57.5 Å². The quantitative estimate of drug-likeness (QED) is 0.533. The third kappa shape index (κ3) is 0.792. The van der Waals surface area contributed by atoms with Gasteiger partial charge in [-0.15, -0.1) is 4.73 Å². The van der Waals surface area contributed by atoms with Crippen molar-refractivity contribution < 1.29 is 5.21 Å². The van der Waals surface area contributed by atoms with Crippen LogP contribution in [0.25, 0.3) is 0 Å². The van der Waals surface area contributed by atoms with Crippen LogP contribution in [-0.4, -0.2) is 19.7 Å². The first-order valence-electron chi connectivity index (χ1n) is 3.01. The Morgan fingerprint density at radius 1 is 1.70 bits per heavy atom. The number of hydrogen-bond donors (Lipinski definition) is 1. The molecule has 10 heavy (non-hydrogen) atoms. The first-order chi connectivity index (χ1) is 4.66. The summed E-state index contributed by atoms with van der Waals surface area (Å²) >= 11 is 0. The third-order valence-corrected chi connectivity index (χ3v) is 1.28. The second-order valence-corrected chi connectivity index (χ2v) is 1.99. The van der Waals surface area contributed by atoms with E-state index in [0.717, 1.165) is 4.68 Å². The number of hydrogen-bond acceptors (Lipinski definition) is 3.